The Kier molecular flexibility index (Phi) is 4.93. The number of thiol groups is 1. The molecule has 1 fully saturated rings. The van der Waals surface area contributed by atoms with Gasteiger partial charge >= 0.3 is 0 Å². The van der Waals surface area contributed by atoms with Gasteiger partial charge in [-0.2, -0.15) is 12.6 Å². The molecule has 3 nitrogen and oxygen atoms in total. The van der Waals surface area contributed by atoms with Gasteiger partial charge in [-0.1, -0.05) is 6.92 Å². The summed E-state index contributed by atoms with van der Waals surface area (Å²) in [5.74, 6) is 0.905. The molecule has 0 radical (unpaired) electrons. The van der Waals surface area contributed by atoms with E-state index >= 15 is 0 Å². The maximum atomic E-state index is 11.5. The van der Waals surface area contributed by atoms with Gasteiger partial charge in [-0.3, -0.25) is 4.79 Å². The molecule has 1 unspecified atom stereocenters. The molecule has 0 saturated heterocycles. The van der Waals surface area contributed by atoms with E-state index in [1.807, 2.05) is 6.92 Å². The molecule has 0 spiro atoms. The molecule has 2 N–H and O–H groups in total. The number of hydrogen-bond acceptors (Lipinski definition) is 3. The Labute approximate surface area is 97.0 Å². The number of nitrogens with one attached hydrogen (secondary N) is 1. The largest absolute Gasteiger partial charge is 0.393 e. The van der Waals surface area contributed by atoms with Crippen molar-refractivity contribution >= 4 is 18.5 Å². The van der Waals surface area contributed by atoms with Gasteiger partial charge in [-0.25, -0.2) is 0 Å². The van der Waals surface area contributed by atoms with Crippen molar-refractivity contribution in [2.45, 2.75) is 45.1 Å². The molecule has 0 aromatic rings. The first kappa shape index (κ1) is 12.8. The highest BCUT2D eigenvalue weighted by atomic mass is 32.1. The van der Waals surface area contributed by atoms with Gasteiger partial charge in [0, 0.05) is 13.0 Å². The minimum atomic E-state index is -0.287. The van der Waals surface area contributed by atoms with Crippen molar-refractivity contribution < 1.29 is 9.90 Å². The van der Waals surface area contributed by atoms with Gasteiger partial charge in [0.1, 0.15) is 0 Å². The number of carbonyl (C=O) groups is 1. The molecule has 1 atom stereocenters. The van der Waals surface area contributed by atoms with Gasteiger partial charge in [0.15, 0.2) is 0 Å². The maximum absolute atomic E-state index is 11.5. The molecular formula is C11H21NO2S. The van der Waals surface area contributed by atoms with Gasteiger partial charge in [-0.15, -0.1) is 0 Å². The van der Waals surface area contributed by atoms with Gasteiger partial charge in [0.05, 0.1) is 6.10 Å². The van der Waals surface area contributed by atoms with Crippen LogP contribution in [-0.4, -0.2) is 29.4 Å². The van der Waals surface area contributed by atoms with Crippen LogP contribution in [0.4, 0.5) is 0 Å². The quantitative estimate of drug-likeness (QED) is 0.580. The van der Waals surface area contributed by atoms with Crippen LogP contribution in [0.1, 0.15) is 39.0 Å². The van der Waals surface area contributed by atoms with Gasteiger partial charge < -0.3 is 10.4 Å². The first-order chi connectivity index (χ1) is 7.12. The Morgan fingerprint density at radius 3 is 2.73 bits per heavy atom. The fourth-order valence-corrected chi connectivity index (χ4v) is 1.98. The number of aliphatic hydroxyl groups is 1. The Morgan fingerprint density at radius 2 is 2.27 bits per heavy atom. The van der Waals surface area contributed by atoms with Crippen molar-refractivity contribution in [3.8, 4) is 0 Å². The van der Waals surface area contributed by atoms with Gasteiger partial charge in [0.25, 0.3) is 0 Å². The summed E-state index contributed by atoms with van der Waals surface area (Å²) in [4.78, 5) is 11.5. The molecule has 0 bridgehead atoms. The zero-order chi connectivity index (χ0) is 11.3. The third kappa shape index (κ3) is 4.43. The van der Waals surface area contributed by atoms with Crippen LogP contribution in [0.3, 0.4) is 0 Å². The average Bonchev–Trinajstić information content (AvgIpc) is 2.98. The highest BCUT2D eigenvalue weighted by Gasteiger charge is 2.42. The number of rotatable bonds is 7. The standard InChI is InChI=1S/C11H21NO2S/c1-2-9(13)3-6-12-10(14)7-11(8-15)4-5-11/h9,13,15H,2-8H2,1H3,(H,12,14). The van der Waals surface area contributed by atoms with Crippen molar-refractivity contribution in [1.29, 1.82) is 0 Å². The second kappa shape index (κ2) is 5.75. The minimum Gasteiger partial charge on any atom is -0.393 e. The lowest BCUT2D eigenvalue weighted by Gasteiger charge is -2.12. The Balaban J connectivity index is 2.09. The lowest BCUT2D eigenvalue weighted by atomic mass is 10.1. The Bertz CT molecular complexity index is 217. The number of carbonyl (C=O) groups excluding carboxylic acids is 1. The van der Waals surface area contributed by atoms with Crippen LogP contribution in [0.15, 0.2) is 0 Å². The summed E-state index contributed by atoms with van der Waals surface area (Å²) in [6.07, 6.45) is 3.96. The summed E-state index contributed by atoms with van der Waals surface area (Å²) in [7, 11) is 0. The second-order valence-electron chi connectivity index (χ2n) is 4.54. The third-order valence-electron chi connectivity index (χ3n) is 3.10. The zero-order valence-electron chi connectivity index (χ0n) is 9.33. The molecule has 0 aromatic carbocycles. The molecule has 0 aliphatic heterocycles. The number of aliphatic hydroxyl groups excluding tert-OH is 1. The molecule has 1 amide bonds. The fourth-order valence-electron chi connectivity index (χ4n) is 1.55. The van der Waals surface area contributed by atoms with Crippen LogP contribution >= 0.6 is 12.6 Å². The molecule has 15 heavy (non-hydrogen) atoms. The van der Waals surface area contributed by atoms with Crippen LogP contribution in [0.25, 0.3) is 0 Å². The predicted octanol–water partition coefficient (Wildman–Crippen LogP) is 1.36. The van der Waals surface area contributed by atoms with E-state index in [0.29, 0.717) is 19.4 Å². The van der Waals surface area contributed by atoms with Crippen LogP contribution in [0, 0.1) is 5.41 Å². The zero-order valence-corrected chi connectivity index (χ0v) is 10.2. The van der Waals surface area contributed by atoms with E-state index in [4.69, 9.17) is 0 Å². The molecule has 0 aromatic heterocycles. The second-order valence-corrected chi connectivity index (χ2v) is 4.85. The van der Waals surface area contributed by atoms with Crippen LogP contribution < -0.4 is 5.32 Å². The molecule has 1 rings (SSSR count). The predicted molar refractivity (Wildman–Crippen MR) is 64.1 cm³/mol. The van der Waals surface area contributed by atoms with Gasteiger partial charge in [-0.05, 0) is 36.9 Å². The third-order valence-corrected chi connectivity index (χ3v) is 3.77. The van der Waals surface area contributed by atoms with E-state index in [1.54, 1.807) is 0 Å². The molecule has 0 heterocycles. The van der Waals surface area contributed by atoms with Crippen molar-refractivity contribution in [2.24, 2.45) is 5.41 Å². The topological polar surface area (TPSA) is 49.3 Å². The van der Waals surface area contributed by atoms with Crippen LogP contribution in [-0.2, 0) is 4.79 Å². The van der Waals surface area contributed by atoms with Gasteiger partial charge in [0.2, 0.25) is 5.91 Å². The summed E-state index contributed by atoms with van der Waals surface area (Å²) < 4.78 is 0. The van der Waals surface area contributed by atoms with E-state index < -0.39 is 0 Å². The summed E-state index contributed by atoms with van der Waals surface area (Å²) in [6, 6.07) is 0. The minimum absolute atomic E-state index is 0.102. The van der Waals surface area contributed by atoms with E-state index in [2.05, 4.69) is 17.9 Å². The Hall–Kier alpha value is -0.220. The van der Waals surface area contributed by atoms with E-state index in [0.717, 1.165) is 25.0 Å². The molecular weight excluding hydrogens is 210 g/mol. The highest BCUT2D eigenvalue weighted by molar-refractivity contribution is 7.80. The first-order valence-electron chi connectivity index (χ1n) is 5.67. The van der Waals surface area contributed by atoms with E-state index in [-0.39, 0.29) is 17.4 Å². The van der Waals surface area contributed by atoms with E-state index in [9.17, 15) is 9.90 Å². The lowest BCUT2D eigenvalue weighted by molar-refractivity contribution is -0.122. The molecule has 1 aliphatic carbocycles. The summed E-state index contributed by atoms with van der Waals surface area (Å²) >= 11 is 4.26. The summed E-state index contributed by atoms with van der Waals surface area (Å²) in [5.41, 5.74) is 0.191. The molecule has 88 valence electrons. The van der Waals surface area contributed by atoms with Crippen LogP contribution in [0.5, 0.6) is 0 Å². The number of amides is 1. The fraction of sp³-hybridized carbons (Fsp3) is 0.909. The summed E-state index contributed by atoms with van der Waals surface area (Å²) in [6.45, 7) is 2.52. The van der Waals surface area contributed by atoms with Crippen molar-refractivity contribution in [3.63, 3.8) is 0 Å². The lowest BCUT2D eigenvalue weighted by Crippen LogP contribution is -2.29. The SMILES string of the molecule is CCC(O)CCNC(=O)CC1(CS)CC1. The molecule has 4 heteroatoms. The van der Waals surface area contributed by atoms with Crippen molar-refractivity contribution in [1.82, 2.24) is 5.32 Å². The average molecular weight is 231 g/mol. The van der Waals surface area contributed by atoms with E-state index in [1.165, 1.54) is 0 Å². The van der Waals surface area contributed by atoms with Crippen molar-refractivity contribution in [3.05, 3.63) is 0 Å². The molecule has 1 aliphatic rings. The first-order valence-corrected chi connectivity index (χ1v) is 6.31. The molecule has 1 saturated carbocycles. The highest BCUT2D eigenvalue weighted by Crippen LogP contribution is 2.49. The monoisotopic (exact) mass is 231 g/mol. The van der Waals surface area contributed by atoms with Crippen LogP contribution in [0.2, 0.25) is 0 Å². The number of hydrogen-bond donors (Lipinski definition) is 3. The smallest absolute Gasteiger partial charge is 0.220 e. The maximum Gasteiger partial charge on any atom is 0.220 e. The van der Waals surface area contributed by atoms with Crippen molar-refractivity contribution in [2.75, 3.05) is 12.3 Å². The normalized spacial score (nSPS) is 19.7. The summed E-state index contributed by atoms with van der Waals surface area (Å²) in [5, 5.41) is 12.1. The Morgan fingerprint density at radius 1 is 1.60 bits per heavy atom.